The van der Waals surface area contributed by atoms with Gasteiger partial charge in [0.25, 0.3) is 0 Å². The lowest BCUT2D eigenvalue weighted by Crippen LogP contribution is -2.23. The van der Waals surface area contributed by atoms with E-state index in [4.69, 9.17) is 5.73 Å². The van der Waals surface area contributed by atoms with E-state index < -0.39 is 0 Å². The third kappa shape index (κ3) is 2.41. The molecular formula is C13H18N4OS2. The van der Waals surface area contributed by atoms with Gasteiger partial charge in [-0.3, -0.25) is 0 Å². The largest absolute Gasteiger partial charge is 0.393 e. The van der Waals surface area contributed by atoms with Gasteiger partial charge < -0.3 is 15.7 Å². The summed E-state index contributed by atoms with van der Waals surface area (Å²) < 4.78 is 4.30. The van der Waals surface area contributed by atoms with Crippen molar-refractivity contribution in [1.29, 1.82) is 0 Å². The minimum absolute atomic E-state index is 0.268. The van der Waals surface area contributed by atoms with Crippen molar-refractivity contribution in [3.63, 3.8) is 0 Å². The fourth-order valence-corrected chi connectivity index (χ4v) is 4.06. The molecule has 2 aromatic rings. The van der Waals surface area contributed by atoms with Gasteiger partial charge in [0.2, 0.25) is 0 Å². The monoisotopic (exact) mass is 310 g/mol. The Labute approximate surface area is 126 Å². The van der Waals surface area contributed by atoms with E-state index in [9.17, 15) is 5.11 Å². The van der Waals surface area contributed by atoms with Crippen LogP contribution in [0.1, 0.15) is 18.4 Å². The van der Waals surface area contributed by atoms with Gasteiger partial charge >= 0.3 is 0 Å². The van der Waals surface area contributed by atoms with E-state index >= 15 is 0 Å². The van der Waals surface area contributed by atoms with Crippen LogP contribution >= 0.6 is 22.9 Å². The van der Waals surface area contributed by atoms with Crippen molar-refractivity contribution in [3.8, 4) is 11.3 Å². The molecule has 0 aromatic carbocycles. The van der Waals surface area contributed by atoms with Crippen LogP contribution < -0.4 is 10.6 Å². The maximum absolute atomic E-state index is 9.74. The molecule has 20 heavy (non-hydrogen) atoms. The molecule has 1 aliphatic rings. The van der Waals surface area contributed by atoms with Crippen molar-refractivity contribution in [1.82, 2.24) is 9.36 Å². The lowest BCUT2D eigenvalue weighted by atomic mass is 10.0. The van der Waals surface area contributed by atoms with E-state index in [0.717, 1.165) is 40.8 Å². The molecule has 2 atom stereocenters. The molecule has 0 amide bonds. The molecule has 2 aromatic heterocycles. The minimum atomic E-state index is -0.268. The Hall–Kier alpha value is -1.18. The Morgan fingerprint density at radius 3 is 2.95 bits per heavy atom. The number of nitrogens with zero attached hydrogens (tertiary/aromatic N) is 3. The van der Waals surface area contributed by atoms with Gasteiger partial charge in [0.05, 0.1) is 22.4 Å². The van der Waals surface area contributed by atoms with Crippen molar-refractivity contribution in [2.45, 2.75) is 26.4 Å². The fourth-order valence-electron chi connectivity index (χ4n) is 2.59. The Kier molecular flexibility index (Phi) is 3.66. The molecule has 0 radical (unpaired) electrons. The molecular weight excluding hydrogens is 292 g/mol. The second-order valence-electron chi connectivity index (χ2n) is 5.24. The standard InChI is InChI=1S/C13H18N4OS2/c1-7(18)9-3-4-17(5-9)13-11(12(14)16-20-13)10-6-19-8(2)15-10/h6-7,9,18H,3-5H2,1-2H3,(H2,14,16). The summed E-state index contributed by atoms with van der Waals surface area (Å²) in [5, 5.41) is 13.9. The van der Waals surface area contributed by atoms with Gasteiger partial charge in [-0.25, -0.2) is 4.98 Å². The normalized spacial score (nSPS) is 20.6. The van der Waals surface area contributed by atoms with Crippen molar-refractivity contribution in [2.75, 3.05) is 23.7 Å². The average molecular weight is 310 g/mol. The van der Waals surface area contributed by atoms with Crippen LogP contribution in [0.3, 0.4) is 0 Å². The third-order valence-corrected chi connectivity index (χ3v) is 5.47. The highest BCUT2D eigenvalue weighted by atomic mass is 32.1. The fraction of sp³-hybridized carbons (Fsp3) is 0.538. The predicted octanol–water partition coefficient (Wildman–Crippen LogP) is 2.36. The molecule has 0 spiro atoms. The molecule has 0 bridgehead atoms. The zero-order valence-corrected chi connectivity index (χ0v) is 13.2. The molecule has 3 N–H and O–H groups in total. The highest BCUT2D eigenvalue weighted by Crippen LogP contribution is 2.41. The second-order valence-corrected chi connectivity index (χ2v) is 7.05. The number of hydrogen-bond donors (Lipinski definition) is 2. The van der Waals surface area contributed by atoms with Crippen molar-refractivity contribution in [2.24, 2.45) is 5.92 Å². The molecule has 1 aliphatic heterocycles. The van der Waals surface area contributed by atoms with Crippen LogP contribution in [0.4, 0.5) is 10.8 Å². The summed E-state index contributed by atoms with van der Waals surface area (Å²) in [6.07, 6.45) is 0.737. The minimum Gasteiger partial charge on any atom is -0.393 e. The van der Waals surface area contributed by atoms with Crippen molar-refractivity contribution >= 4 is 33.7 Å². The summed E-state index contributed by atoms with van der Waals surface area (Å²) in [6, 6.07) is 0. The average Bonchev–Trinajstić information content (AvgIpc) is 3.07. The number of nitrogens with two attached hydrogens (primary N) is 1. The van der Waals surface area contributed by atoms with Gasteiger partial charge in [-0.2, -0.15) is 4.37 Å². The number of nitrogen functional groups attached to an aromatic ring is 1. The SMILES string of the molecule is Cc1nc(-c2c(N)nsc2N2CCC(C(C)O)C2)cs1. The van der Waals surface area contributed by atoms with Gasteiger partial charge in [-0.1, -0.05) is 0 Å². The first kappa shape index (κ1) is 13.8. The Morgan fingerprint density at radius 2 is 2.35 bits per heavy atom. The summed E-state index contributed by atoms with van der Waals surface area (Å²) in [5.74, 6) is 0.874. The number of hydrogen-bond acceptors (Lipinski definition) is 7. The first-order chi connectivity index (χ1) is 9.56. The zero-order chi connectivity index (χ0) is 14.3. The van der Waals surface area contributed by atoms with E-state index in [-0.39, 0.29) is 6.10 Å². The van der Waals surface area contributed by atoms with Gasteiger partial charge in [-0.05, 0) is 31.8 Å². The summed E-state index contributed by atoms with van der Waals surface area (Å²) in [4.78, 5) is 6.80. The van der Waals surface area contributed by atoms with Gasteiger partial charge in [0, 0.05) is 24.4 Å². The molecule has 5 nitrogen and oxygen atoms in total. The number of aryl methyl sites for hydroxylation is 1. The Balaban J connectivity index is 1.92. The summed E-state index contributed by atoms with van der Waals surface area (Å²) in [7, 11) is 0. The topological polar surface area (TPSA) is 75.3 Å². The highest BCUT2D eigenvalue weighted by molar-refractivity contribution is 7.11. The lowest BCUT2D eigenvalue weighted by molar-refractivity contribution is 0.136. The Morgan fingerprint density at radius 1 is 1.55 bits per heavy atom. The van der Waals surface area contributed by atoms with Crippen LogP contribution in [-0.2, 0) is 0 Å². The van der Waals surface area contributed by atoms with Gasteiger partial charge in [0.1, 0.15) is 10.8 Å². The molecule has 1 saturated heterocycles. The lowest BCUT2D eigenvalue weighted by Gasteiger charge is -2.18. The van der Waals surface area contributed by atoms with Crippen LogP contribution in [0.25, 0.3) is 11.3 Å². The van der Waals surface area contributed by atoms with E-state index in [1.807, 2.05) is 19.2 Å². The molecule has 3 rings (SSSR count). The first-order valence-electron chi connectivity index (χ1n) is 6.67. The second kappa shape index (κ2) is 5.31. The molecule has 108 valence electrons. The number of aliphatic hydroxyl groups excluding tert-OH is 1. The number of aliphatic hydroxyl groups is 1. The zero-order valence-electron chi connectivity index (χ0n) is 11.5. The van der Waals surface area contributed by atoms with Crippen LogP contribution in [-0.4, -0.2) is 33.7 Å². The number of anilines is 2. The quantitative estimate of drug-likeness (QED) is 0.910. The van der Waals surface area contributed by atoms with Crippen molar-refractivity contribution in [3.05, 3.63) is 10.4 Å². The maximum Gasteiger partial charge on any atom is 0.148 e. The van der Waals surface area contributed by atoms with E-state index in [1.54, 1.807) is 11.3 Å². The number of rotatable bonds is 3. The van der Waals surface area contributed by atoms with Gasteiger partial charge in [0.15, 0.2) is 0 Å². The summed E-state index contributed by atoms with van der Waals surface area (Å²) in [6.45, 7) is 5.64. The van der Waals surface area contributed by atoms with Crippen LogP contribution in [0.5, 0.6) is 0 Å². The molecule has 0 aliphatic carbocycles. The summed E-state index contributed by atoms with van der Waals surface area (Å²) in [5.41, 5.74) is 7.89. The van der Waals surface area contributed by atoms with Gasteiger partial charge in [-0.15, -0.1) is 11.3 Å². The highest BCUT2D eigenvalue weighted by Gasteiger charge is 2.30. The van der Waals surface area contributed by atoms with Crippen LogP contribution in [0.2, 0.25) is 0 Å². The number of aromatic nitrogens is 2. The van der Waals surface area contributed by atoms with E-state index in [1.165, 1.54) is 11.5 Å². The molecule has 1 fully saturated rings. The number of thiazole rings is 1. The predicted molar refractivity (Wildman–Crippen MR) is 84.4 cm³/mol. The molecule has 0 saturated carbocycles. The maximum atomic E-state index is 9.74. The van der Waals surface area contributed by atoms with Crippen LogP contribution in [0.15, 0.2) is 5.38 Å². The smallest absolute Gasteiger partial charge is 0.148 e. The third-order valence-electron chi connectivity index (χ3n) is 3.77. The molecule has 3 heterocycles. The van der Waals surface area contributed by atoms with E-state index in [2.05, 4.69) is 14.3 Å². The molecule has 2 unspecified atom stereocenters. The van der Waals surface area contributed by atoms with Crippen LogP contribution in [0, 0.1) is 12.8 Å². The summed E-state index contributed by atoms with van der Waals surface area (Å²) >= 11 is 3.04. The van der Waals surface area contributed by atoms with E-state index in [0.29, 0.717) is 11.7 Å². The Bertz CT molecular complexity index is 607. The first-order valence-corrected chi connectivity index (χ1v) is 8.32. The molecule has 7 heteroatoms. The van der Waals surface area contributed by atoms with Crippen molar-refractivity contribution < 1.29 is 5.11 Å².